The van der Waals surface area contributed by atoms with Gasteiger partial charge in [-0.15, -0.1) is 23.1 Å². The van der Waals surface area contributed by atoms with Crippen molar-refractivity contribution < 1.29 is 13.2 Å². The number of thiophene rings is 1. The summed E-state index contributed by atoms with van der Waals surface area (Å²) in [6, 6.07) is 8.40. The number of hydrogen-bond acceptors (Lipinski definition) is 7. The van der Waals surface area contributed by atoms with Crippen molar-refractivity contribution in [3.05, 3.63) is 35.2 Å². The first-order valence-corrected chi connectivity index (χ1v) is 11.6. The summed E-state index contributed by atoms with van der Waals surface area (Å²) in [5.74, 6) is -0.613. The first-order chi connectivity index (χ1) is 12.3. The van der Waals surface area contributed by atoms with Gasteiger partial charge in [-0.2, -0.15) is 0 Å². The van der Waals surface area contributed by atoms with Crippen LogP contribution in [0.5, 0.6) is 0 Å². The van der Waals surface area contributed by atoms with Crippen LogP contribution in [0.4, 0.5) is 5.69 Å². The van der Waals surface area contributed by atoms with E-state index in [9.17, 15) is 13.2 Å². The molecule has 1 aliphatic heterocycles. The Morgan fingerprint density at radius 3 is 2.50 bits per heavy atom. The standard InChI is InChI=1S/C17H21N3O3S3/c1-19-6-8-20(9-7-19)12-4-3-5-13(10-12)26(22,23)15-11-14(16(18)21)25-17(15)24-2/h3-5,10-11H,6-9H2,1-2H3,(H2,18,21). The van der Waals surface area contributed by atoms with Gasteiger partial charge in [0.25, 0.3) is 5.91 Å². The number of nitrogens with zero attached hydrogens (tertiary/aromatic N) is 2. The molecule has 2 heterocycles. The molecule has 26 heavy (non-hydrogen) atoms. The van der Waals surface area contributed by atoms with Gasteiger partial charge < -0.3 is 15.5 Å². The lowest BCUT2D eigenvalue weighted by atomic mass is 10.2. The Labute approximate surface area is 161 Å². The molecule has 2 aromatic rings. The number of carbonyl (C=O) groups excluding carboxylic acids is 1. The number of rotatable bonds is 5. The highest BCUT2D eigenvalue weighted by Crippen LogP contribution is 2.37. The van der Waals surface area contributed by atoms with Crippen molar-refractivity contribution >= 4 is 44.5 Å². The van der Waals surface area contributed by atoms with Crippen molar-refractivity contribution in [1.82, 2.24) is 4.90 Å². The Balaban J connectivity index is 1.98. The molecule has 140 valence electrons. The lowest BCUT2D eigenvalue weighted by Crippen LogP contribution is -2.44. The smallest absolute Gasteiger partial charge is 0.258 e. The van der Waals surface area contributed by atoms with Crippen LogP contribution in [-0.4, -0.2) is 58.7 Å². The number of benzene rings is 1. The Morgan fingerprint density at radius 1 is 1.19 bits per heavy atom. The summed E-state index contributed by atoms with van der Waals surface area (Å²) in [5.41, 5.74) is 6.22. The molecule has 1 aromatic carbocycles. The van der Waals surface area contributed by atoms with E-state index in [1.807, 2.05) is 6.07 Å². The molecule has 1 saturated heterocycles. The van der Waals surface area contributed by atoms with Crippen LogP contribution in [0.2, 0.25) is 0 Å². The van der Waals surface area contributed by atoms with Crippen LogP contribution >= 0.6 is 23.1 Å². The molecule has 0 aliphatic carbocycles. The van der Waals surface area contributed by atoms with E-state index in [-0.39, 0.29) is 14.7 Å². The average molecular weight is 412 g/mol. The molecule has 1 amide bonds. The molecule has 9 heteroatoms. The van der Waals surface area contributed by atoms with Crippen molar-refractivity contribution in [3.63, 3.8) is 0 Å². The number of carbonyl (C=O) groups is 1. The predicted molar refractivity (Wildman–Crippen MR) is 106 cm³/mol. The Morgan fingerprint density at radius 2 is 1.88 bits per heavy atom. The van der Waals surface area contributed by atoms with Crippen molar-refractivity contribution in [1.29, 1.82) is 0 Å². The fourth-order valence-electron chi connectivity index (χ4n) is 2.85. The lowest BCUT2D eigenvalue weighted by molar-refractivity contribution is 0.100. The molecule has 1 aliphatic rings. The minimum absolute atomic E-state index is 0.152. The summed E-state index contributed by atoms with van der Waals surface area (Å²) in [4.78, 5) is 16.5. The fraction of sp³-hybridized carbons (Fsp3) is 0.353. The summed E-state index contributed by atoms with van der Waals surface area (Å²) in [5, 5.41) is 0. The molecule has 0 bridgehead atoms. The largest absolute Gasteiger partial charge is 0.369 e. The van der Waals surface area contributed by atoms with E-state index in [0.717, 1.165) is 43.2 Å². The van der Waals surface area contributed by atoms with Crippen LogP contribution in [0, 0.1) is 0 Å². The van der Waals surface area contributed by atoms with Gasteiger partial charge in [-0.1, -0.05) is 6.07 Å². The van der Waals surface area contributed by atoms with Gasteiger partial charge in [0.2, 0.25) is 9.84 Å². The molecular formula is C17H21N3O3S3. The minimum atomic E-state index is -3.72. The van der Waals surface area contributed by atoms with Gasteiger partial charge in [-0.3, -0.25) is 4.79 Å². The molecule has 1 aromatic heterocycles. The molecule has 0 saturated carbocycles. The Bertz CT molecular complexity index is 916. The Hall–Kier alpha value is -1.55. The van der Waals surface area contributed by atoms with Crippen molar-refractivity contribution in [2.75, 3.05) is 44.4 Å². The second-order valence-electron chi connectivity index (χ2n) is 6.12. The number of likely N-dealkylation sites (N-methyl/N-ethyl adjacent to an activating group) is 1. The van der Waals surface area contributed by atoms with E-state index in [1.165, 1.54) is 17.8 Å². The van der Waals surface area contributed by atoms with Crippen molar-refractivity contribution in [2.45, 2.75) is 14.0 Å². The van der Waals surface area contributed by atoms with Gasteiger partial charge in [-0.25, -0.2) is 8.42 Å². The van der Waals surface area contributed by atoms with Crippen molar-refractivity contribution in [2.24, 2.45) is 5.73 Å². The first-order valence-electron chi connectivity index (χ1n) is 8.09. The third-order valence-electron chi connectivity index (χ3n) is 4.38. The van der Waals surface area contributed by atoms with Gasteiger partial charge in [0.05, 0.1) is 18.9 Å². The van der Waals surface area contributed by atoms with E-state index < -0.39 is 15.7 Å². The molecular weight excluding hydrogens is 390 g/mol. The molecule has 6 nitrogen and oxygen atoms in total. The number of hydrogen-bond donors (Lipinski definition) is 1. The minimum Gasteiger partial charge on any atom is -0.369 e. The molecule has 0 atom stereocenters. The van der Waals surface area contributed by atoms with E-state index >= 15 is 0 Å². The molecule has 2 N–H and O–H groups in total. The number of sulfone groups is 1. The quantitative estimate of drug-likeness (QED) is 0.759. The molecule has 0 radical (unpaired) electrons. The number of anilines is 1. The van der Waals surface area contributed by atoms with Crippen LogP contribution < -0.4 is 10.6 Å². The number of nitrogens with two attached hydrogens (primary N) is 1. The summed E-state index contributed by atoms with van der Waals surface area (Å²) in [7, 11) is -1.64. The summed E-state index contributed by atoms with van der Waals surface area (Å²) >= 11 is 2.42. The summed E-state index contributed by atoms with van der Waals surface area (Å²) in [6.07, 6.45) is 1.79. The second kappa shape index (κ2) is 7.59. The maximum absolute atomic E-state index is 13.2. The maximum Gasteiger partial charge on any atom is 0.258 e. The number of primary amides is 1. The number of amides is 1. The average Bonchev–Trinajstić information content (AvgIpc) is 3.08. The van der Waals surface area contributed by atoms with E-state index in [1.54, 1.807) is 24.5 Å². The molecule has 1 fully saturated rings. The first kappa shape index (κ1) is 19.2. The zero-order chi connectivity index (χ0) is 18.9. The Kier molecular flexibility index (Phi) is 5.61. The van der Waals surface area contributed by atoms with Crippen molar-refractivity contribution in [3.8, 4) is 0 Å². The summed E-state index contributed by atoms with van der Waals surface area (Å²) < 4.78 is 26.9. The van der Waals surface area contributed by atoms with E-state index in [4.69, 9.17) is 5.73 Å². The normalized spacial score (nSPS) is 16.0. The van der Waals surface area contributed by atoms with Crippen LogP contribution in [-0.2, 0) is 9.84 Å². The highest BCUT2D eigenvalue weighted by atomic mass is 32.2. The second-order valence-corrected chi connectivity index (χ2v) is 10.2. The number of thioether (sulfide) groups is 1. The SMILES string of the molecule is CSc1sc(C(N)=O)cc1S(=O)(=O)c1cccc(N2CCN(C)CC2)c1. The van der Waals surface area contributed by atoms with Gasteiger partial charge in [0, 0.05) is 31.9 Å². The number of piperazine rings is 1. The predicted octanol–water partition coefficient (Wildman–Crippen LogP) is 2.15. The topological polar surface area (TPSA) is 83.7 Å². The highest BCUT2D eigenvalue weighted by Gasteiger charge is 2.26. The monoisotopic (exact) mass is 411 g/mol. The third kappa shape index (κ3) is 3.75. The van der Waals surface area contributed by atoms with Crippen LogP contribution in [0.3, 0.4) is 0 Å². The van der Waals surface area contributed by atoms with Gasteiger partial charge in [0.15, 0.2) is 0 Å². The third-order valence-corrected chi connectivity index (χ3v) is 8.70. The lowest BCUT2D eigenvalue weighted by Gasteiger charge is -2.34. The van der Waals surface area contributed by atoms with Gasteiger partial charge in [-0.05, 0) is 37.6 Å². The van der Waals surface area contributed by atoms with Crippen LogP contribution in [0.15, 0.2) is 44.3 Å². The summed E-state index contributed by atoms with van der Waals surface area (Å²) in [6.45, 7) is 3.61. The highest BCUT2D eigenvalue weighted by molar-refractivity contribution is 8.01. The zero-order valence-electron chi connectivity index (χ0n) is 14.6. The molecule has 3 rings (SSSR count). The maximum atomic E-state index is 13.2. The van der Waals surface area contributed by atoms with Crippen LogP contribution in [0.1, 0.15) is 9.67 Å². The molecule has 0 spiro atoms. The zero-order valence-corrected chi connectivity index (χ0v) is 17.1. The van der Waals surface area contributed by atoms with Gasteiger partial charge in [0.1, 0.15) is 0 Å². The fourth-order valence-corrected chi connectivity index (χ4v) is 6.73. The van der Waals surface area contributed by atoms with E-state index in [0.29, 0.717) is 4.21 Å². The van der Waals surface area contributed by atoms with Gasteiger partial charge >= 0.3 is 0 Å². The van der Waals surface area contributed by atoms with E-state index in [2.05, 4.69) is 16.8 Å². The van der Waals surface area contributed by atoms with Crippen LogP contribution in [0.25, 0.3) is 0 Å². The molecule has 0 unspecified atom stereocenters.